The van der Waals surface area contributed by atoms with E-state index in [2.05, 4.69) is 10.6 Å². The Balaban J connectivity index is 4.33. The average molecular weight is 288 g/mol. The molecule has 0 radical (unpaired) electrons. The lowest BCUT2D eigenvalue weighted by molar-refractivity contribution is -0.140. The minimum atomic E-state index is -1.16. The fraction of sp³-hybridized carbons (Fsp3) is 0.769. The molecule has 0 aliphatic heterocycles. The summed E-state index contributed by atoms with van der Waals surface area (Å²) in [6.45, 7) is 5.87. The predicted molar refractivity (Wildman–Crippen MR) is 73.5 cm³/mol. The third-order valence-corrected chi connectivity index (χ3v) is 3.05. The van der Waals surface area contributed by atoms with E-state index in [4.69, 9.17) is 10.2 Å². The molecule has 0 saturated carbocycles. The van der Waals surface area contributed by atoms with Gasteiger partial charge in [-0.25, -0.2) is 9.59 Å². The third kappa shape index (κ3) is 7.60. The van der Waals surface area contributed by atoms with E-state index in [-0.39, 0.29) is 31.2 Å². The monoisotopic (exact) mass is 288 g/mol. The second-order valence-corrected chi connectivity index (χ2v) is 5.05. The number of carbonyl (C=O) groups is 3. The first-order valence-corrected chi connectivity index (χ1v) is 6.79. The molecule has 2 amide bonds. The van der Waals surface area contributed by atoms with Crippen molar-refractivity contribution in [1.29, 1.82) is 0 Å². The van der Waals surface area contributed by atoms with Gasteiger partial charge < -0.3 is 20.8 Å². The molecule has 0 aromatic rings. The van der Waals surface area contributed by atoms with E-state index in [1.807, 2.05) is 20.8 Å². The van der Waals surface area contributed by atoms with Gasteiger partial charge in [0.05, 0.1) is 0 Å². The van der Waals surface area contributed by atoms with Crippen molar-refractivity contribution in [3.05, 3.63) is 0 Å². The van der Waals surface area contributed by atoms with Crippen LogP contribution in [0.1, 0.15) is 46.5 Å². The Labute approximate surface area is 118 Å². The molecule has 0 aromatic carbocycles. The van der Waals surface area contributed by atoms with Gasteiger partial charge in [-0.3, -0.25) is 4.79 Å². The maximum absolute atomic E-state index is 11.7. The lowest BCUT2D eigenvalue weighted by Crippen LogP contribution is -2.50. The molecule has 116 valence electrons. The Morgan fingerprint density at radius 1 is 1.10 bits per heavy atom. The summed E-state index contributed by atoms with van der Waals surface area (Å²) < 4.78 is 0. The molecule has 0 aliphatic rings. The van der Waals surface area contributed by atoms with Gasteiger partial charge in [0.1, 0.15) is 6.04 Å². The lowest BCUT2D eigenvalue weighted by Gasteiger charge is -2.22. The van der Waals surface area contributed by atoms with Gasteiger partial charge in [-0.05, 0) is 25.2 Å². The van der Waals surface area contributed by atoms with Crippen molar-refractivity contribution in [3.8, 4) is 0 Å². The number of carboxylic acids is 2. The highest BCUT2D eigenvalue weighted by molar-refractivity contribution is 5.82. The highest BCUT2D eigenvalue weighted by atomic mass is 16.4. The van der Waals surface area contributed by atoms with Gasteiger partial charge in [0.25, 0.3) is 0 Å². The number of urea groups is 1. The van der Waals surface area contributed by atoms with Crippen molar-refractivity contribution >= 4 is 18.0 Å². The summed E-state index contributed by atoms with van der Waals surface area (Å²) in [4.78, 5) is 33.1. The highest BCUT2D eigenvalue weighted by Gasteiger charge is 2.21. The zero-order chi connectivity index (χ0) is 15.7. The fourth-order valence-electron chi connectivity index (χ4n) is 1.82. The van der Waals surface area contributed by atoms with Crippen LogP contribution in [-0.2, 0) is 9.59 Å². The minimum Gasteiger partial charge on any atom is -0.481 e. The molecule has 20 heavy (non-hydrogen) atoms. The van der Waals surface area contributed by atoms with Gasteiger partial charge in [0.15, 0.2) is 0 Å². The average Bonchev–Trinajstić information content (AvgIpc) is 2.33. The first-order chi connectivity index (χ1) is 9.27. The van der Waals surface area contributed by atoms with E-state index in [9.17, 15) is 14.4 Å². The van der Waals surface area contributed by atoms with Crippen molar-refractivity contribution in [2.75, 3.05) is 0 Å². The topological polar surface area (TPSA) is 116 Å². The maximum atomic E-state index is 11.7. The van der Waals surface area contributed by atoms with Crippen LogP contribution in [0.2, 0.25) is 0 Å². The molecule has 1 unspecified atom stereocenters. The van der Waals surface area contributed by atoms with Crippen LogP contribution in [-0.4, -0.2) is 40.3 Å². The van der Waals surface area contributed by atoms with E-state index in [0.717, 1.165) is 6.42 Å². The molecule has 0 spiro atoms. The number of carboxylic acid groups (broad SMARTS) is 2. The summed E-state index contributed by atoms with van der Waals surface area (Å²) in [6.07, 6.45) is 0.931. The van der Waals surface area contributed by atoms with Crippen LogP contribution in [0.25, 0.3) is 0 Å². The number of carbonyl (C=O) groups excluding carboxylic acids is 1. The zero-order valence-electron chi connectivity index (χ0n) is 12.2. The summed E-state index contributed by atoms with van der Waals surface area (Å²) in [7, 11) is 0. The molecule has 0 bridgehead atoms. The maximum Gasteiger partial charge on any atom is 0.326 e. The summed E-state index contributed by atoms with van der Waals surface area (Å²) in [5.74, 6) is -1.89. The Morgan fingerprint density at radius 2 is 1.70 bits per heavy atom. The number of amides is 2. The minimum absolute atomic E-state index is 0.0246. The van der Waals surface area contributed by atoms with Gasteiger partial charge >= 0.3 is 18.0 Å². The second-order valence-electron chi connectivity index (χ2n) is 5.05. The van der Waals surface area contributed by atoms with E-state index in [1.165, 1.54) is 0 Å². The standard InChI is InChI=1S/C13H24N2O5/c1-4-9(8(2)3)14-13(20)15-10(12(18)19)6-5-7-11(16)17/h8-10H,4-7H2,1-3H3,(H,16,17)(H,18,19)(H2,14,15,20)/t9?,10-/m1/s1. The van der Waals surface area contributed by atoms with Gasteiger partial charge in [0, 0.05) is 12.5 Å². The van der Waals surface area contributed by atoms with E-state index in [1.54, 1.807) is 0 Å². The number of nitrogens with one attached hydrogen (secondary N) is 2. The van der Waals surface area contributed by atoms with Crippen LogP contribution in [0.3, 0.4) is 0 Å². The normalized spacial score (nSPS) is 13.6. The Hall–Kier alpha value is -1.79. The van der Waals surface area contributed by atoms with Crippen molar-refractivity contribution in [2.24, 2.45) is 5.92 Å². The summed E-state index contributed by atoms with van der Waals surface area (Å²) >= 11 is 0. The van der Waals surface area contributed by atoms with Gasteiger partial charge in [-0.1, -0.05) is 20.8 Å². The van der Waals surface area contributed by atoms with E-state index < -0.39 is 24.0 Å². The van der Waals surface area contributed by atoms with Crippen LogP contribution in [0, 0.1) is 5.92 Å². The first-order valence-electron chi connectivity index (χ1n) is 6.79. The van der Waals surface area contributed by atoms with Crippen molar-refractivity contribution in [1.82, 2.24) is 10.6 Å². The fourth-order valence-corrected chi connectivity index (χ4v) is 1.82. The van der Waals surface area contributed by atoms with Gasteiger partial charge in [-0.15, -0.1) is 0 Å². The van der Waals surface area contributed by atoms with Crippen LogP contribution < -0.4 is 10.6 Å². The zero-order valence-corrected chi connectivity index (χ0v) is 12.2. The molecule has 7 nitrogen and oxygen atoms in total. The predicted octanol–water partition coefficient (Wildman–Crippen LogP) is 1.43. The first kappa shape index (κ1) is 18.2. The molecule has 0 saturated heterocycles. The van der Waals surface area contributed by atoms with Crippen molar-refractivity contribution in [2.45, 2.75) is 58.5 Å². The van der Waals surface area contributed by atoms with E-state index >= 15 is 0 Å². The second kappa shape index (κ2) is 9.17. The highest BCUT2D eigenvalue weighted by Crippen LogP contribution is 2.06. The van der Waals surface area contributed by atoms with E-state index in [0.29, 0.717) is 0 Å². The molecule has 7 heteroatoms. The molecular formula is C13H24N2O5. The lowest BCUT2D eigenvalue weighted by atomic mass is 10.0. The molecule has 0 fully saturated rings. The summed E-state index contributed by atoms with van der Waals surface area (Å²) in [5.41, 5.74) is 0. The molecule has 0 heterocycles. The van der Waals surface area contributed by atoms with Crippen LogP contribution >= 0.6 is 0 Å². The molecule has 2 atom stereocenters. The van der Waals surface area contributed by atoms with Gasteiger partial charge in [-0.2, -0.15) is 0 Å². The largest absolute Gasteiger partial charge is 0.481 e. The summed E-state index contributed by atoms with van der Waals surface area (Å²) in [5, 5.41) is 22.6. The van der Waals surface area contributed by atoms with Gasteiger partial charge in [0.2, 0.25) is 0 Å². The molecular weight excluding hydrogens is 264 g/mol. The van der Waals surface area contributed by atoms with Crippen molar-refractivity contribution < 1.29 is 24.6 Å². The number of hydrogen-bond donors (Lipinski definition) is 4. The Bertz CT molecular complexity index is 344. The Kier molecular flexibility index (Phi) is 8.35. The number of hydrogen-bond acceptors (Lipinski definition) is 3. The summed E-state index contributed by atoms with van der Waals surface area (Å²) in [6, 6.07) is -1.63. The van der Waals surface area contributed by atoms with Crippen LogP contribution in [0.4, 0.5) is 4.79 Å². The molecule has 4 N–H and O–H groups in total. The molecule has 0 aliphatic carbocycles. The quantitative estimate of drug-likeness (QED) is 0.512. The molecule has 0 rings (SSSR count). The smallest absolute Gasteiger partial charge is 0.326 e. The number of aliphatic carboxylic acids is 2. The third-order valence-electron chi connectivity index (χ3n) is 3.05. The Morgan fingerprint density at radius 3 is 2.10 bits per heavy atom. The van der Waals surface area contributed by atoms with Crippen molar-refractivity contribution in [3.63, 3.8) is 0 Å². The SMILES string of the molecule is CCC(NC(=O)N[C@H](CCCC(=O)O)C(=O)O)C(C)C. The number of rotatable bonds is 9. The van der Waals surface area contributed by atoms with Crippen LogP contribution in [0.15, 0.2) is 0 Å². The van der Waals surface area contributed by atoms with Crippen LogP contribution in [0.5, 0.6) is 0 Å². The molecule has 0 aromatic heterocycles.